The number of imide groups is 1. The number of hydrazine groups is 1. The molecule has 4 amide bonds. The van der Waals surface area contributed by atoms with Crippen molar-refractivity contribution in [2.45, 2.75) is 38.3 Å². The van der Waals surface area contributed by atoms with Crippen molar-refractivity contribution in [3.63, 3.8) is 0 Å². The van der Waals surface area contributed by atoms with E-state index in [4.69, 9.17) is 0 Å². The molecule has 150 valence electrons. The van der Waals surface area contributed by atoms with E-state index in [-0.39, 0.29) is 12.6 Å². The number of carbonyl (C=O) groups excluding carboxylic acids is 3. The molecule has 2 aliphatic rings. The van der Waals surface area contributed by atoms with Gasteiger partial charge in [0.1, 0.15) is 5.54 Å². The fourth-order valence-electron chi connectivity index (χ4n) is 4.22. The van der Waals surface area contributed by atoms with Crippen LogP contribution >= 0.6 is 0 Å². The third kappa shape index (κ3) is 3.12. The molecule has 2 aromatic rings. The highest BCUT2D eigenvalue weighted by atomic mass is 16.2. The standard InChI is InChI=1S/C22H24N4O3/c1-3-22(17-10-5-4-6-11-17)20(28)26(21(29)23-22)24-19(27)14-25-15(2)13-16-9-7-8-12-18(16)25/h4-12,15H,3,13-14H2,1-2H3,(H,23,29)(H,24,27)/t15-,22+/m0/s1. The SMILES string of the molecule is CC[C@]1(c2ccccc2)NC(=O)N(NC(=O)CN2c3ccccc3C[C@@H]2C)C1=O. The number of fused-ring (bicyclic) bond motifs is 1. The van der Waals surface area contributed by atoms with Crippen LogP contribution in [0.2, 0.25) is 0 Å². The highest BCUT2D eigenvalue weighted by molar-refractivity contribution is 6.08. The summed E-state index contributed by atoms with van der Waals surface area (Å²) in [5.74, 6) is -0.878. The predicted molar refractivity (Wildman–Crippen MR) is 109 cm³/mol. The number of amides is 4. The lowest BCUT2D eigenvalue weighted by atomic mass is 9.87. The molecular weight excluding hydrogens is 368 g/mol. The Bertz CT molecular complexity index is 962. The van der Waals surface area contributed by atoms with Crippen molar-refractivity contribution >= 4 is 23.5 Å². The molecule has 0 spiro atoms. The quantitative estimate of drug-likeness (QED) is 0.766. The first kappa shape index (κ1) is 19.0. The Kier molecular flexibility index (Phi) is 4.74. The van der Waals surface area contributed by atoms with Crippen molar-refractivity contribution in [3.05, 3.63) is 65.7 Å². The summed E-state index contributed by atoms with van der Waals surface area (Å²) >= 11 is 0. The molecule has 0 aliphatic carbocycles. The molecule has 0 radical (unpaired) electrons. The van der Waals surface area contributed by atoms with Crippen LogP contribution in [0.3, 0.4) is 0 Å². The zero-order chi connectivity index (χ0) is 20.6. The molecule has 2 aliphatic heterocycles. The molecule has 29 heavy (non-hydrogen) atoms. The van der Waals surface area contributed by atoms with E-state index in [0.717, 1.165) is 17.1 Å². The second kappa shape index (κ2) is 7.24. The van der Waals surface area contributed by atoms with Crippen LogP contribution in [-0.2, 0) is 21.5 Å². The van der Waals surface area contributed by atoms with Gasteiger partial charge in [0.2, 0.25) is 0 Å². The number of hydrogen-bond acceptors (Lipinski definition) is 4. The third-order valence-electron chi connectivity index (χ3n) is 5.79. The first-order valence-electron chi connectivity index (χ1n) is 9.82. The van der Waals surface area contributed by atoms with Crippen LogP contribution < -0.4 is 15.6 Å². The summed E-state index contributed by atoms with van der Waals surface area (Å²) in [5, 5.41) is 3.58. The third-order valence-corrected chi connectivity index (χ3v) is 5.79. The van der Waals surface area contributed by atoms with Crippen LogP contribution in [0.4, 0.5) is 10.5 Å². The van der Waals surface area contributed by atoms with Crippen LogP contribution in [0.25, 0.3) is 0 Å². The van der Waals surface area contributed by atoms with Crippen LogP contribution in [0, 0.1) is 0 Å². The number of carbonyl (C=O) groups is 3. The van der Waals surface area contributed by atoms with Gasteiger partial charge in [-0.1, -0.05) is 55.5 Å². The second-order valence-corrected chi connectivity index (χ2v) is 7.54. The largest absolute Gasteiger partial charge is 0.359 e. The molecule has 7 heteroatoms. The van der Waals surface area contributed by atoms with Gasteiger partial charge in [-0.15, -0.1) is 0 Å². The highest BCUT2D eigenvalue weighted by Crippen LogP contribution is 2.33. The minimum absolute atomic E-state index is 0.0691. The van der Waals surface area contributed by atoms with E-state index in [0.29, 0.717) is 12.0 Å². The molecule has 4 rings (SSSR count). The van der Waals surface area contributed by atoms with E-state index < -0.39 is 23.4 Å². The van der Waals surface area contributed by atoms with Crippen LogP contribution in [0.5, 0.6) is 0 Å². The summed E-state index contributed by atoms with van der Waals surface area (Å²) in [7, 11) is 0. The monoisotopic (exact) mass is 392 g/mol. The van der Waals surface area contributed by atoms with E-state index in [1.54, 1.807) is 12.1 Å². The number of nitrogens with one attached hydrogen (secondary N) is 2. The topological polar surface area (TPSA) is 81.8 Å². The van der Waals surface area contributed by atoms with E-state index >= 15 is 0 Å². The minimum atomic E-state index is -1.17. The average Bonchev–Trinajstić information content (AvgIpc) is 3.17. The molecule has 0 aromatic heterocycles. The van der Waals surface area contributed by atoms with E-state index in [1.807, 2.05) is 48.2 Å². The second-order valence-electron chi connectivity index (χ2n) is 7.54. The zero-order valence-corrected chi connectivity index (χ0v) is 16.5. The molecule has 1 saturated heterocycles. The Morgan fingerprint density at radius 2 is 1.83 bits per heavy atom. The van der Waals surface area contributed by atoms with Gasteiger partial charge < -0.3 is 10.2 Å². The van der Waals surface area contributed by atoms with Gasteiger partial charge in [0.05, 0.1) is 6.54 Å². The summed E-state index contributed by atoms with van der Waals surface area (Å²) in [4.78, 5) is 40.4. The zero-order valence-electron chi connectivity index (χ0n) is 16.5. The summed E-state index contributed by atoms with van der Waals surface area (Å²) in [6.45, 7) is 3.96. The molecular formula is C22H24N4O3. The van der Waals surface area contributed by atoms with Gasteiger partial charge in [-0.2, -0.15) is 5.01 Å². The lowest BCUT2D eigenvalue weighted by Crippen LogP contribution is -2.51. The number of urea groups is 1. The Morgan fingerprint density at radius 3 is 2.55 bits per heavy atom. The Morgan fingerprint density at radius 1 is 1.14 bits per heavy atom. The fraction of sp³-hybridized carbons (Fsp3) is 0.318. The van der Waals surface area contributed by atoms with Crippen LogP contribution in [0.15, 0.2) is 54.6 Å². The van der Waals surface area contributed by atoms with Gasteiger partial charge in [-0.05, 0) is 37.0 Å². The number of nitrogens with zero attached hydrogens (tertiary/aromatic N) is 2. The lowest BCUT2D eigenvalue weighted by Gasteiger charge is -2.27. The number of para-hydroxylation sites is 1. The van der Waals surface area contributed by atoms with Crippen molar-refractivity contribution in [1.29, 1.82) is 0 Å². The fourth-order valence-corrected chi connectivity index (χ4v) is 4.22. The average molecular weight is 392 g/mol. The molecule has 2 N–H and O–H groups in total. The summed E-state index contributed by atoms with van der Waals surface area (Å²) < 4.78 is 0. The molecule has 1 fully saturated rings. The molecule has 2 atom stereocenters. The Balaban J connectivity index is 1.50. The van der Waals surface area contributed by atoms with E-state index in [1.165, 1.54) is 5.56 Å². The maximum absolute atomic E-state index is 13.1. The highest BCUT2D eigenvalue weighted by Gasteiger charge is 2.52. The predicted octanol–water partition coefficient (Wildman–Crippen LogP) is 2.33. The van der Waals surface area contributed by atoms with E-state index in [2.05, 4.69) is 23.7 Å². The van der Waals surface area contributed by atoms with Gasteiger partial charge in [-0.3, -0.25) is 15.0 Å². The maximum Gasteiger partial charge on any atom is 0.344 e. The van der Waals surface area contributed by atoms with Crippen molar-refractivity contribution in [2.24, 2.45) is 0 Å². The molecule has 0 saturated carbocycles. The number of anilines is 1. The van der Waals surface area contributed by atoms with Crippen molar-refractivity contribution < 1.29 is 14.4 Å². The number of hydrogen-bond donors (Lipinski definition) is 2. The van der Waals surface area contributed by atoms with Gasteiger partial charge in [0.25, 0.3) is 11.8 Å². The summed E-state index contributed by atoms with van der Waals surface area (Å²) in [5.41, 5.74) is 4.24. The van der Waals surface area contributed by atoms with Gasteiger partial charge in [-0.25, -0.2) is 4.79 Å². The molecule has 7 nitrogen and oxygen atoms in total. The molecule has 2 aromatic carbocycles. The first-order valence-corrected chi connectivity index (χ1v) is 9.82. The van der Waals surface area contributed by atoms with Gasteiger partial charge in [0.15, 0.2) is 0 Å². The van der Waals surface area contributed by atoms with E-state index in [9.17, 15) is 14.4 Å². The molecule has 0 bridgehead atoms. The Labute approximate surface area is 169 Å². The number of benzene rings is 2. The van der Waals surface area contributed by atoms with Crippen LogP contribution in [-0.4, -0.2) is 35.4 Å². The van der Waals surface area contributed by atoms with Crippen molar-refractivity contribution in [3.8, 4) is 0 Å². The normalized spacial score (nSPS) is 23.2. The van der Waals surface area contributed by atoms with Crippen molar-refractivity contribution in [1.82, 2.24) is 15.8 Å². The van der Waals surface area contributed by atoms with Crippen molar-refractivity contribution in [2.75, 3.05) is 11.4 Å². The first-order chi connectivity index (χ1) is 14.0. The van der Waals surface area contributed by atoms with Gasteiger partial charge >= 0.3 is 6.03 Å². The smallest absolute Gasteiger partial charge is 0.344 e. The van der Waals surface area contributed by atoms with Crippen LogP contribution in [0.1, 0.15) is 31.4 Å². The Hall–Kier alpha value is -3.35. The lowest BCUT2D eigenvalue weighted by molar-refractivity contribution is -0.139. The maximum atomic E-state index is 13.1. The minimum Gasteiger partial charge on any atom is -0.359 e. The summed E-state index contributed by atoms with van der Waals surface area (Å²) in [6, 6.07) is 16.6. The number of rotatable bonds is 5. The van der Waals surface area contributed by atoms with Gasteiger partial charge in [0, 0.05) is 11.7 Å². The summed E-state index contributed by atoms with van der Waals surface area (Å²) in [6.07, 6.45) is 1.24. The molecule has 2 heterocycles. The molecule has 0 unspecified atom stereocenters.